The molecule has 0 radical (unpaired) electrons. The summed E-state index contributed by atoms with van der Waals surface area (Å²) in [5.74, 6) is 1.64. The lowest BCUT2D eigenvalue weighted by Gasteiger charge is -2.16. The number of ether oxygens (including phenoxy) is 2. The smallest absolute Gasteiger partial charge is 0.123 e. The molecule has 4 heteroatoms. The topological polar surface area (TPSA) is 44.5 Å². The van der Waals surface area contributed by atoms with Crippen LogP contribution in [0.2, 0.25) is 0 Å². The third kappa shape index (κ3) is 3.74. The van der Waals surface area contributed by atoms with E-state index in [0.717, 1.165) is 36.3 Å². The zero-order valence-electron chi connectivity index (χ0n) is 12.0. The van der Waals surface area contributed by atoms with Gasteiger partial charge in [0.15, 0.2) is 0 Å². The molecule has 0 aliphatic carbocycles. The first kappa shape index (κ1) is 14.9. The first-order valence-corrected chi connectivity index (χ1v) is 7.62. The number of nitrogens with two attached hydrogens (primary N) is 1. The Morgan fingerprint density at radius 1 is 1.20 bits per heavy atom. The van der Waals surface area contributed by atoms with Gasteiger partial charge in [0, 0.05) is 16.5 Å². The summed E-state index contributed by atoms with van der Waals surface area (Å²) in [6.45, 7) is 0. The summed E-state index contributed by atoms with van der Waals surface area (Å²) in [5, 5.41) is 2.11. The summed E-state index contributed by atoms with van der Waals surface area (Å²) in [5.41, 5.74) is 7.31. The minimum absolute atomic E-state index is 0.0278. The molecule has 0 aliphatic rings. The Kier molecular flexibility index (Phi) is 5.44. The van der Waals surface area contributed by atoms with Crippen molar-refractivity contribution >= 4 is 11.3 Å². The summed E-state index contributed by atoms with van der Waals surface area (Å²) in [6.07, 6.45) is 3.08. The van der Waals surface area contributed by atoms with E-state index in [9.17, 15) is 0 Å². The van der Waals surface area contributed by atoms with Crippen LogP contribution in [0.15, 0.2) is 35.7 Å². The van der Waals surface area contributed by atoms with Gasteiger partial charge < -0.3 is 15.2 Å². The van der Waals surface area contributed by atoms with Crippen LogP contribution in [0.3, 0.4) is 0 Å². The predicted molar refractivity (Wildman–Crippen MR) is 83.7 cm³/mol. The van der Waals surface area contributed by atoms with E-state index in [1.165, 1.54) is 4.88 Å². The van der Waals surface area contributed by atoms with E-state index >= 15 is 0 Å². The maximum absolute atomic E-state index is 6.30. The van der Waals surface area contributed by atoms with Crippen molar-refractivity contribution in [2.75, 3.05) is 14.2 Å². The Hall–Kier alpha value is -1.52. The molecule has 20 heavy (non-hydrogen) atoms. The van der Waals surface area contributed by atoms with Crippen molar-refractivity contribution in [3.63, 3.8) is 0 Å². The van der Waals surface area contributed by atoms with Crippen molar-refractivity contribution in [2.45, 2.75) is 25.3 Å². The normalized spacial score (nSPS) is 12.2. The molecule has 0 aliphatic heterocycles. The van der Waals surface area contributed by atoms with Crippen LogP contribution in [0.25, 0.3) is 0 Å². The number of aryl methyl sites for hydroxylation is 1. The second kappa shape index (κ2) is 7.31. The van der Waals surface area contributed by atoms with E-state index < -0.39 is 0 Å². The molecule has 0 bridgehead atoms. The first-order valence-electron chi connectivity index (χ1n) is 6.74. The van der Waals surface area contributed by atoms with Crippen molar-refractivity contribution in [1.82, 2.24) is 0 Å². The number of methoxy groups -OCH3 is 2. The molecule has 1 aromatic heterocycles. The third-order valence-electron chi connectivity index (χ3n) is 3.35. The highest BCUT2D eigenvalue weighted by atomic mass is 32.1. The van der Waals surface area contributed by atoms with Gasteiger partial charge in [-0.25, -0.2) is 0 Å². The SMILES string of the molecule is COc1ccc(OC)c(C(N)CCCc2cccs2)c1. The highest BCUT2D eigenvalue weighted by Gasteiger charge is 2.13. The fraction of sp³-hybridized carbons (Fsp3) is 0.375. The minimum Gasteiger partial charge on any atom is -0.497 e. The largest absolute Gasteiger partial charge is 0.497 e. The molecule has 1 heterocycles. The van der Waals surface area contributed by atoms with Gasteiger partial charge in [0.1, 0.15) is 11.5 Å². The van der Waals surface area contributed by atoms with Crippen LogP contribution in [0, 0.1) is 0 Å². The molecule has 0 saturated heterocycles. The lowest BCUT2D eigenvalue weighted by Crippen LogP contribution is -2.12. The zero-order valence-corrected chi connectivity index (χ0v) is 12.8. The van der Waals surface area contributed by atoms with Crippen molar-refractivity contribution in [1.29, 1.82) is 0 Å². The number of hydrogen-bond acceptors (Lipinski definition) is 4. The first-order chi connectivity index (χ1) is 9.74. The maximum Gasteiger partial charge on any atom is 0.123 e. The highest BCUT2D eigenvalue weighted by Crippen LogP contribution is 2.30. The van der Waals surface area contributed by atoms with Crippen molar-refractivity contribution in [2.24, 2.45) is 5.73 Å². The Morgan fingerprint density at radius 3 is 2.70 bits per heavy atom. The summed E-state index contributed by atoms with van der Waals surface area (Å²) in [7, 11) is 3.33. The summed E-state index contributed by atoms with van der Waals surface area (Å²) >= 11 is 1.80. The van der Waals surface area contributed by atoms with E-state index in [2.05, 4.69) is 17.5 Å². The number of rotatable bonds is 7. The van der Waals surface area contributed by atoms with Crippen LogP contribution < -0.4 is 15.2 Å². The average molecular weight is 291 g/mol. The minimum atomic E-state index is -0.0278. The second-order valence-electron chi connectivity index (χ2n) is 4.69. The standard InChI is InChI=1S/C16H21NO2S/c1-18-12-8-9-16(19-2)14(11-12)15(17)7-3-5-13-6-4-10-20-13/h4,6,8-11,15H,3,5,7,17H2,1-2H3. The quantitative estimate of drug-likeness (QED) is 0.844. The molecular formula is C16H21NO2S. The van der Waals surface area contributed by atoms with Gasteiger partial charge in [-0.05, 0) is 48.9 Å². The molecule has 1 aromatic carbocycles. The molecule has 0 amide bonds. The monoisotopic (exact) mass is 291 g/mol. The molecule has 108 valence electrons. The number of thiophene rings is 1. The van der Waals surface area contributed by atoms with Crippen LogP contribution in [-0.2, 0) is 6.42 Å². The van der Waals surface area contributed by atoms with Gasteiger partial charge in [-0.15, -0.1) is 11.3 Å². The van der Waals surface area contributed by atoms with Gasteiger partial charge in [0.05, 0.1) is 14.2 Å². The van der Waals surface area contributed by atoms with Crippen LogP contribution in [-0.4, -0.2) is 14.2 Å². The predicted octanol–water partition coefficient (Wildman–Crippen LogP) is 3.79. The molecule has 2 N–H and O–H groups in total. The molecule has 1 atom stereocenters. The Morgan fingerprint density at radius 2 is 2.05 bits per heavy atom. The van der Waals surface area contributed by atoms with E-state index in [-0.39, 0.29) is 6.04 Å². The Balaban J connectivity index is 1.98. The average Bonchev–Trinajstić information content (AvgIpc) is 2.99. The molecule has 0 fully saturated rings. The molecular weight excluding hydrogens is 270 g/mol. The van der Waals surface area contributed by atoms with Gasteiger partial charge in [0.25, 0.3) is 0 Å². The number of benzene rings is 1. The van der Waals surface area contributed by atoms with Crippen molar-refractivity contribution in [3.05, 3.63) is 46.2 Å². The molecule has 2 aromatic rings. The van der Waals surface area contributed by atoms with Crippen molar-refractivity contribution < 1.29 is 9.47 Å². The van der Waals surface area contributed by atoms with Gasteiger partial charge >= 0.3 is 0 Å². The van der Waals surface area contributed by atoms with Crippen LogP contribution in [0.1, 0.15) is 29.3 Å². The van der Waals surface area contributed by atoms with Crippen LogP contribution in [0.4, 0.5) is 0 Å². The number of hydrogen-bond donors (Lipinski definition) is 1. The van der Waals surface area contributed by atoms with E-state index in [0.29, 0.717) is 0 Å². The molecule has 0 spiro atoms. The molecule has 1 unspecified atom stereocenters. The van der Waals surface area contributed by atoms with Gasteiger partial charge in [-0.3, -0.25) is 0 Å². The fourth-order valence-corrected chi connectivity index (χ4v) is 2.99. The van der Waals surface area contributed by atoms with Gasteiger partial charge in [-0.2, -0.15) is 0 Å². The van der Waals surface area contributed by atoms with Crippen LogP contribution in [0.5, 0.6) is 11.5 Å². The van der Waals surface area contributed by atoms with Gasteiger partial charge in [-0.1, -0.05) is 6.07 Å². The van der Waals surface area contributed by atoms with E-state index in [4.69, 9.17) is 15.2 Å². The Labute approximate surface area is 124 Å². The van der Waals surface area contributed by atoms with Crippen molar-refractivity contribution in [3.8, 4) is 11.5 Å². The molecule has 3 nitrogen and oxygen atoms in total. The lowest BCUT2D eigenvalue weighted by atomic mass is 10.0. The molecule has 0 saturated carbocycles. The molecule has 2 rings (SSSR count). The maximum atomic E-state index is 6.30. The summed E-state index contributed by atoms with van der Waals surface area (Å²) < 4.78 is 10.6. The Bertz CT molecular complexity index is 525. The van der Waals surface area contributed by atoms with Crippen LogP contribution >= 0.6 is 11.3 Å². The van der Waals surface area contributed by atoms with E-state index in [1.54, 1.807) is 25.6 Å². The lowest BCUT2D eigenvalue weighted by molar-refractivity contribution is 0.393. The van der Waals surface area contributed by atoms with E-state index in [1.807, 2.05) is 18.2 Å². The summed E-state index contributed by atoms with van der Waals surface area (Å²) in [4.78, 5) is 1.41. The summed E-state index contributed by atoms with van der Waals surface area (Å²) in [6, 6.07) is 10.00. The fourth-order valence-electron chi connectivity index (χ4n) is 2.24. The third-order valence-corrected chi connectivity index (χ3v) is 4.29. The van der Waals surface area contributed by atoms with Gasteiger partial charge in [0.2, 0.25) is 0 Å². The second-order valence-corrected chi connectivity index (χ2v) is 5.72. The zero-order chi connectivity index (χ0) is 14.4. The highest BCUT2D eigenvalue weighted by molar-refractivity contribution is 7.09.